The van der Waals surface area contributed by atoms with Crippen molar-refractivity contribution in [3.05, 3.63) is 24.0 Å². The minimum absolute atomic E-state index is 0.275. The number of Topliss-reactive ketones (excluding diaryl/α,β-unsaturated/α-hetero) is 1. The summed E-state index contributed by atoms with van der Waals surface area (Å²) in [7, 11) is 0. The van der Waals surface area contributed by atoms with E-state index < -0.39 is 0 Å². The van der Waals surface area contributed by atoms with E-state index in [4.69, 9.17) is 0 Å². The number of ketones is 1. The summed E-state index contributed by atoms with van der Waals surface area (Å²) < 4.78 is 2.15. The van der Waals surface area contributed by atoms with Crippen molar-refractivity contribution in [3.63, 3.8) is 0 Å². The van der Waals surface area contributed by atoms with Crippen LogP contribution in [0.3, 0.4) is 0 Å². The van der Waals surface area contributed by atoms with Crippen LogP contribution in [0.2, 0.25) is 0 Å². The lowest BCUT2D eigenvalue weighted by Crippen LogP contribution is -1.98. The van der Waals surface area contributed by atoms with E-state index in [0.717, 1.165) is 18.5 Å². The maximum absolute atomic E-state index is 11.7. The van der Waals surface area contributed by atoms with Gasteiger partial charge in [-0.3, -0.25) is 4.79 Å². The number of carbonyl (C=O) groups excluding carboxylic acids is 1. The molecule has 0 saturated heterocycles. The molecule has 96 valence electrons. The van der Waals surface area contributed by atoms with E-state index in [2.05, 4.69) is 11.5 Å². The first kappa shape index (κ1) is 14.0. The number of aromatic nitrogens is 1. The zero-order chi connectivity index (χ0) is 12.5. The molecule has 0 spiro atoms. The van der Waals surface area contributed by atoms with E-state index in [9.17, 15) is 4.79 Å². The van der Waals surface area contributed by atoms with E-state index in [1.54, 1.807) is 0 Å². The summed E-state index contributed by atoms with van der Waals surface area (Å²) in [5, 5.41) is 0. The second kappa shape index (κ2) is 8.10. The maximum Gasteiger partial charge on any atom is 0.164 e. The zero-order valence-corrected chi connectivity index (χ0v) is 11.2. The lowest BCUT2D eigenvalue weighted by Gasteiger charge is -2.02. The number of aryl methyl sites for hydroxylation is 1. The largest absolute Gasteiger partial charge is 0.354 e. The topological polar surface area (TPSA) is 22.0 Å². The van der Waals surface area contributed by atoms with Gasteiger partial charge in [0.25, 0.3) is 0 Å². The minimum Gasteiger partial charge on any atom is -0.354 e. The van der Waals surface area contributed by atoms with Crippen molar-refractivity contribution in [1.82, 2.24) is 4.57 Å². The Labute approximate surface area is 105 Å². The van der Waals surface area contributed by atoms with Gasteiger partial charge in [0.2, 0.25) is 0 Å². The SMILES string of the molecule is CCCCCCCn1ccc(C(=O)CCC)c1. The van der Waals surface area contributed by atoms with Crippen LogP contribution in [-0.4, -0.2) is 10.4 Å². The fraction of sp³-hybridized carbons (Fsp3) is 0.667. The molecule has 17 heavy (non-hydrogen) atoms. The molecule has 0 aliphatic rings. The number of nitrogens with zero attached hydrogens (tertiary/aromatic N) is 1. The van der Waals surface area contributed by atoms with Gasteiger partial charge in [-0.15, -0.1) is 0 Å². The fourth-order valence-electron chi connectivity index (χ4n) is 2.01. The second-order valence-electron chi connectivity index (χ2n) is 4.73. The molecule has 2 nitrogen and oxygen atoms in total. The Morgan fingerprint density at radius 2 is 1.88 bits per heavy atom. The number of hydrogen-bond acceptors (Lipinski definition) is 1. The zero-order valence-electron chi connectivity index (χ0n) is 11.2. The van der Waals surface area contributed by atoms with Gasteiger partial charge in [-0.2, -0.15) is 0 Å². The molecule has 0 amide bonds. The van der Waals surface area contributed by atoms with Crippen LogP contribution in [0.15, 0.2) is 18.5 Å². The Bertz CT molecular complexity index is 327. The highest BCUT2D eigenvalue weighted by Gasteiger charge is 2.05. The van der Waals surface area contributed by atoms with Crippen molar-refractivity contribution in [3.8, 4) is 0 Å². The first-order valence-electron chi connectivity index (χ1n) is 6.97. The highest BCUT2D eigenvalue weighted by Crippen LogP contribution is 2.09. The molecule has 0 fully saturated rings. The van der Waals surface area contributed by atoms with Crippen molar-refractivity contribution in [2.75, 3.05) is 0 Å². The lowest BCUT2D eigenvalue weighted by atomic mass is 10.1. The number of rotatable bonds is 9. The van der Waals surface area contributed by atoms with Crippen molar-refractivity contribution >= 4 is 5.78 Å². The van der Waals surface area contributed by atoms with Crippen LogP contribution >= 0.6 is 0 Å². The van der Waals surface area contributed by atoms with Gasteiger partial charge < -0.3 is 4.57 Å². The van der Waals surface area contributed by atoms with Gasteiger partial charge in [0.15, 0.2) is 5.78 Å². The van der Waals surface area contributed by atoms with Crippen molar-refractivity contribution < 1.29 is 4.79 Å². The predicted octanol–water partition coefficient (Wildman–Crippen LogP) is 4.44. The third-order valence-electron chi connectivity index (χ3n) is 3.07. The molecule has 0 N–H and O–H groups in total. The Balaban J connectivity index is 2.28. The standard InChI is InChI=1S/C15H25NO/c1-3-5-6-7-8-11-16-12-10-14(13-16)15(17)9-4-2/h10,12-13H,3-9,11H2,1-2H3. The van der Waals surface area contributed by atoms with Gasteiger partial charge >= 0.3 is 0 Å². The van der Waals surface area contributed by atoms with Gasteiger partial charge in [0.05, 0.1) is 0 Å². The summed E-state index contributed by atoms with van der Waals surface area (Å²) in [6.07, 6.45) is 12.1. The van der Waals surface area contributed by atoms with Gasteiger partial charge in [-0.1, -0.05) is 39.5 Å². The van der Waals surface area contributed by atoms with Crippen LogP contribution in [0.4, 0.5) is 0 Å². The summed E-state index contributed by atoms with van der Waals surface area (Å²) in [5.41, 5.74) is 0.875. The Kier molecular flexibility index (Phi) is 6.68. The van der Waals surface area contributed by atoms with Gasteiger partial charge in [0, 0.05) is 30.9 Å². The summed E-state index contributed by atoms with van der Waals surface area (Å²) in [5.74, 6) is 0.275. The third-order valence-corrected chi connectivity index (χ3v) is 3.07. The Morgan fingerprint density at radius 1 is 1.12 bits per heavy atom. The second-order valence-corrected chi connectivity index (χ2v) is 4.73. The Hall–Kier alpha value is -1.05. The fourth-order valence-corrected chi connectivity index (χ4v) is 2.01. The summed E-state index contributed by atoms with van der Waals surface area (Å²) >= 11 is 0. The molecule has 0 bridgehead atoms. The molecule has 1 heterocycles. The monoisotopic (exact) mass is 235 g/mol. The lowest BCUT2D eigenvalue weighted by molar-refractivity contribution is 0.0981. The van der Waals surface area contributed by atoms with Crippen LogP contribution < -0.4 is 0 Å². The van der Waals surface area contributed by atoms with E-state index >= 15 is 0 Å². The normalized spacial score (nSPS) is 10.7. The summed E-state index contributed by atoms with van der Waals surface area (Å²) in [6, 6.07) is 1.95. The molecule has 2 heteroatoms. The molecule has 0 radical (unpaired) electrons. The summed E-state index contributed by atoms with van der Waals surface area (Å²) in [6.45, 7) is 5.32. The number of carbonyl (C=O) groups is 1. The third kappa shape index (κ3) is 5.20. The van der Waals surface area contributed by atoms with Crippen LogP contribution in [0.25, 0.3) is 0 Å². The molecule has 0 unspecified atom stereocenters. The molecule has 1 rings (SSSR count). The average molecular weight is 235 g/mol. The molecule has 1 aromatic rings. The van der Waals surface area contributed by atoms with E-state index in [1.165, 1.54) is 32.1 Å². The van der Waals surface area contributed by atoms with E-state index in [-0.39, 0.29) is 5.78 Å². The van der Waals surface area contributed by atoms with Crippen LogP contribution in [0.5, 0.6) is 0 Å². The van der Waals surface area contributed by atoms with Crippen LogP contribution in [0, 0.1) is 0 Å². The molecule has 1 aromatic heterocycles. The molecular formula is C15H25NO. The summed E-state index contributed by atoms with van der Waals surface area (Å²) in [4.78, 5) is 11.7. The molecule has 0 aliphatic heterocycles. The van der Waals surface area contributed by atoms with Crippen molar-refractivity contribution in [2.24, 2.45) is 0 Å². The number of hydrogen-bond donors (Lipinski definition) is 0. The molecule has 0 aliphatic carbocycles. The highest BCUT2D eigenvalue weighted by molar-refractivity contribution is 5.95. The van der Waals surface area contributed by atoms with E-state index in [0.29, 0.717) is 6.42 Å². The molecule has 0 saturated carbocycles. The number of unbranched alkanes of at least 4 members (excludes halogenated alkanes) is 4. The first-order valence-corrected chi connectivity index (χ1v) is 6.97. The van der Waals surface area contributed by atoms with Crippen molar-refractivity contribution in [1.29, 1.82) is 0 Å². The van der Waals surface area contributed by atoms with Crippen LogP contribution in [0.1, 0.15) is 69.2 Å². The molecule has 0 atom stereocenters. The van der Waals surface area contributed by atoms with Crippen LogP contribution in [-0.2, 0) is 6.54 Å². The minimum atomic E-state index is 0.275. The van der Waals surface area contributed by atoms with Gasteiger partial charge in [-0.25, -0.2) is 0 Å². The molecule has 0 aromatic carbocycles. The van der Waals surface area contributed by atoms with Gasteiger partial charge in [0.1, 0.15) is 0 Å². The Morgan fingerprint density at radius 3 is 2.59 bits per heavy atom. The average Bonchev–Trinajstić information content (AvgIpc) is 2.78. The van der Waals surface area contributed by atoms with E-state index in [1.807, 2.05) is 25.4 Å². The highest BCUT2D eigenvalue weighted by atomic mass is 16.1. The van der Waals surface area contributed by atoms with Crippen molar-refractivity contribution in [2.45, 2.75) is 65.3 Å². The first-order chi connectivity index (χ1) is 8.27. The van der Waals surface area contributed by atoms with Gasteiger partial charge in [-0.05, 0) is 18.9 Å². The smallest absolute Gasteiger partial charge is 0.164 e. The maximum atomic E-state index is 11.7. The predicted molar refractivity (Wildman–Crippen MR) is 72.4 cm³/mol. The molecular weight excluding hydrogens is 210 g/mol. The quantitative estimate of drug-likeness (QED) is 0.458.